The monoisotopic (exact) mass is 497 g/mol. The number of nitriles is 1. The maximum atomic E-state index is 13.8. The number of likely N-dealkylation sites (tertiary alicyclic amines) is 1. The van der Waals surface area contributed by atoms with Gasteiger partial charge in [0.05, 0.1) is 29.2 Å². The van der Waals surface area contributed by atoms with Crippen LogP contribution in [-0.4, -0.2) is 50.2 Å². The van der Waals surface area contributed by atoms with Gasteiger partial charge in [-0.05, 0) is 55.9 Å². The molecule has 1 amide bonds. The second-order valence-corrected chi connectivity index (χ2v) is 10.4. The summed E-state index contributed by atoms with van der Waals surface area (Å²) in [6.45, 7) is 5.19. The molecule has 8 heteroatoms. The number of ether oxygens (including phenoxy) is 1. The van der Waals surface area contributed by atoms with E-state index >= 15 is 0 Å². The molecule has 0 unspecified atom stereocenters. The molecule has 2 aromatic carbocycles. The predicted octanol–water partition coefficient (Wildman–Crippen LogP) is 5.00. The molecule has 0 radical (unpaired) electrons. The van der Waals surface area contributed by atoms with Crippen LogP contribution in [0.25, 0.3) is 0 Å². The molecule has 5 rings (SSSR count). The Bertz CT molecular complexity index is 1170. The number of carbonyl (C=O) groups is 1. The third-order valence-electron chi connectivity index (χ3n) is 8.23. The molecule has 0 spiro atoms. The van der Waals surface area contributed by atoms with Crippen molar-refractivity contribution in [3.63, 3.8) is 0 Å². The Balaban J connectivity index is 1.41. The van der Waals surface area contributed by atoms with Crippen LogP contribution in [0, 0.1) is 22.7 Å². The molecule has 2 saturated heterocycles. The number of anilines is 1. The first-order valence-corrected chi connectivity index (χ1v) is 12.5. The number of fused-ring (bicyclic) bond motifs is 1. The maximum Gasteiger partial charge on any atom is 0.417 e. The zero-order valence-electron chi connectivity index (χ0n) is 20.4. The normalized spacial score (nSPS) is 24.8. The highest BCUT2D eigenvalue weighted by Gasteiger charge is 2.57. The maximum absolute atomic E-state index is 13.8. The van der Waals surface area contributed by atoms with E-state index in [2.05, 4.69) is 0 Å². The van der Waals surface area contributed by atoms with E-state index in [4.69, 9.17) is 10.00 Å². The van der Waals surface area contributed by atoms with E-state index in [9.17, 15) is 18.0 Å². The number of amides is 1. The topological polar surface area (TPSA) is 56.6 Å². The summed E-state index contributed by atoms with van der Waals surface area (Å²) in [5, 5.41) is 9.16. The average molecular weight is 498 g/mol. The fourth-order valence-corrected chi connectivity index (χ4v) is 6.14. The predicted molar refractivity (Wildman–Crippen MR) is 129 cm³/mol. The Kier molecular flexibility index (Phi) is 6.24. The summed E-state index contributed by atoms with van der Waals surface area (Å²) < 4.78 is 46.7. The highest BCUT2D eigenvalue weighted by molar-refractivity contribution is 5.91. The van der Waals surface area contributed by atoms with Gasteiger partial charge in [-0.15, -0.1) is 0 Å². The van der Waals surface area contributed by atoms with Crippen LogP contribution in [0.3, 0.4) is 0 Å². The van der Waals surface area contributed by atoms with E-state index in [0.717, 1.165) is 30.9 Å². The van der Waals surface area contributed by atoms with Gasteiger partial charge >= 0.3 is 6.18 Å². The van der Waals surface area contributed by atoms with Crippen molar-refractivity contribution in [3.8, 4) is 6.07 Å². The van der Waals surface area contributed by atoms with E-state index in [0.29, 0.717) is 45.1 Å². The van der Waals surface area contributed by atoms with Crippen LogP contribution in [0.2, 0.25) is 0 Å². The van der Waals surface area contributed by atoms with Crippen LogP contribution in [-0.2, 0) is 21.1 Å². The van der Waals surface area contributed by atoms with Crippen molar-refractivity contribution in [2.75, 3.05) is 44.3 Å². The minimum atomic E-state index is -4.60. The molecule has 2 heterocycles. The Morgan fingerprint density at radius 1 is 1.17 bits per heavy atom. The molecule has 0 bridgehead atoms. The Labute approximate surface area is 209 Å². The van der Waals surface area contributed by atoms with Crippen LogP contribution in [0.15, 0.2) is 48.5 Å². The third-order valence-corrected chi connectivity index (χ3v) is 8.23. The minimum absolute atomic E-state index is 0.152. The molecule has 0 N–H and O–H groups in total. The molecule has 36 heavy (non-hydrogen) atoms. The van der Waals surface area contributed by atoms with E-state index in [1.807, 2.05) is 47.1 Å². The van der Waals surface area contributed by atoms with E-state index in [1.165, 1.54) is 6.07 Å². The van der Waals surface area contributed by atoms with Gasteiger partial charge in [-0.25, -0.2) is 0 Å². The second-order valence-electron chi connectivity index (χ2n) is 10.4. The first-order chi connectivity index (χ1) is 17.2. The fourth-order valence-electron chi connectivity index (χ4n) is 6.14. The van der Waals surface area contributed by atoms with Gasteiger partial charge in [0.25, 0.3) is 0 Å². The van der Waals surface area contributed by atoms with Gasteiger partial charge in [0.15, 0.2) is 0 Å². The summed E-state index contributed by atoms with van der Waals surface area (Å²) in [7, 11) is 0. The second kappa shape index (κ2) is 9.11. The zero-order chi connectivity index (χ0) is 25.6. The Morgan fingerprint density at radius 3 is 2.56 bits per heavy atom. The first-order valence-electron chi connectivity index (χ1n) is 12.5. The summed E-state index contributed by atoms with van der Waals surface area (Å²) in [5.41, 5.74) is -0.587. The lowest BCUT2D eigenvalue weighted by Crippen LogP contribution is -2.55. The summed E-state index contributed by atoms with van der Waals surface area (Å²) in [5.74, 6) is 0.351. The van der Waals surface area contributed by atoms with E-state index in [-0.39, 0.29) is 22.8 Å². The molecular formula is C28H30F3N3O2. The molecule has 0 aromatic heterocycles. The molecular weight excluding hydrogens is 467 g/mol. The van der Waals surface area contributed by atoms with E-state index in [1.54, 1.807) is 12.1 Å². The summed E-state index contributed by atoms with van der Waals surface area (Å²) in [6.07, 6.45) is -2.14. The van der Waals surface area contributed by atoms with Crippen molar-refractivity contribution >= 4 is 11.6 Å². The molecule has 3 aliphatic rings. The molecule has 2 aromatic rings. The molecule has 190 valence electrons. The Morgan fingerprint density at radius 2 is 1.92 bits per heavy atom. The smallest absolute Gasteiger partial charge is 0.381 e. The number of alkyl halides is 3. The number of benzene rings is 2. The number of rotatable bonds is 6. The molecule has 3 fully saturated rings. The van der Waals surface area contributed by atoms with Gasteiger partial charge in [0, 0.05) is 43.9 Å². The summed E-state index contributed by atoms with van der Waals surface area (Å²) in [4.78, 5) is 17.7. The number of hydrogen-bond donors (Lipinski definition) is 0. The van der Waals surface area contributed by atoms with Crippen LogP contribution in [0.1, 0.15) is 42.9 Å². The lowest BCUT2D eigenvalue weighted by Gasteiger charge is -2.45. The fraction of sp³-hybridized carbons (Fsp3) is 0.500. The summed E-state index contributed by atoms with van der Waals surface area (Å²) >= 11 is 0. The van der Waals surface area contributed by atoms with Crippen molar-refractivity contribution in [2.24, 2.45) is 11.3 Å². The first kappa shape index (κ1) is 24.6. The van der Waals surface area contributed by atoms with Crippen LogP contribution in [0.5, 0.6) is 0 Å². The third kappa shape index (κ3) is 4.24. The van der Waals surface area contributed by atoms with Crippen molar-refractivity contribution in [3.05, 3.63) is 65.2 Å². The van der Waals surface area contributed by atoms with Crippen molar-refractivity contribution in [2.45, 2.75) is 37.8 Å². The molecule has 1 aliphatic carbocycles. The standard InChI is InChI=1S/C28H30F3N3O2/c1-2-36-19-26-17-33(25(35)27(11-12-27)21-6-4-3-5-7-21)13-10-22(26)16-34(18-26)23-9-8-20(15-32)24(14-23)28(29,30)31/h3-9,14,22H,2,10-13,16-19H2,1H3/t22-,26+/m0/s1. The van der Waals surface area contributed by atoms with Gasteiger partial charge in [-0.3, -0.25) is 4.79 Å². The number of piperidine rings is 1. The SMILES string of the molecule is CCOC[C@]12CN(C(=O)C3(c4ccccc4)CC3)CC[C@H]1CN(c1ccc(C#N)c(C(F)(F)F)c1)C2. The van der Waals surface area contributed by atoms with Crippen LogP contribution in [0.4, 0.5) is 18.9 Å². The molecule has 2 aliphatic heterocycles. The number of carbonyl (C=O) groups excluding carboxylic acids is 1. The number of hydrogen-bond acceptors (Lipinski definition) is 4. The zero-order valence-corrected chi connectivity index (χ0v) is 20.4. The lowest BCUT2D eigenvalue weighted by atomic mass is 9.73. The van der Waals surface area contributed by atoms with Crippen molar-refractivity contribution in [1.29, 1.82) is 5.26 Å². The van der Waals surface area contributed by atoms with Gasteiger partial charge in [0.2, 0.25) is 5.91 Å². The van der Waals surface area contributed by atoms with Gasteiger partial charge in [0.1, 0.15) is 0 Å². The Hall–Kier alpha value is -3.05. The minimum Gasteiger partial charge on any atom is -0.381 e. The number of nitrogens with zero attached hydrogens (tertiary/aromatic N) is 3. The van der Waals surface area contributed by atoms with E-state index < -0.39 is 17.2 Å². The lowest BCUT2D eigenvalue weighted by molar-refractivity contribution is -0.140. The quantitative estimate of drug-likeness (QED) is 0.564. The van der Waals surface area contributed by atoms with Crippen LogP contribution >= 0.6 is 0 Å². The van der Waals surface area contributed by atoms with Crippen molar-refractivity contribution < 1.29 is 22.7 Å². The van der Waals surface area contributed by atoms with Crippen molar-refractivity contribution in [1.82, 2.24) is 4.90 Å². The average Bonchev–Trinajstić information content (AvgIpc) is 3.61. The van der Waals surface area contributed by atoms with Gasteiger partial charge < -0.3 is 14.5 Å². The molecule has 2 atom stereocenters. The number of halogens is 3. The van der Waals surface area contributed by atoms with Gasteiger partial charge in [-0.2, -0.15) is 18.4 Å². The highest BCUT2D eigenvalue weighted by atomic mass is 19.4. The molecule has 5 nitrogen and oxygen atoms in total. The molecule has 1 saturated carbocycles. The highest BCUT2D eigenvalue weighted by Crippen LogP contribution is 2.52. The van der Waals surface area contributed by atoms with Gasteiger partial charge in [-0.1, -0.05) is 30.3 Å². The summed E-state index contributed by atoms with van der Waals surface area (Å²) in [6, 6.07) is 15.5. The largest absolute Gasteiger partial charge is 0.417 e. The van der Waals surface area contributed by atoms with Crippen LogP contribution < -0.4 is 4.90 Å².